The standard InChI is InChI=1S/C13H16N2/c1-11-7-8-13(9-11,10-14)15-12-5-3-2-4-6-12/h2-6,11,15H,7-9H2,1H3. The number of benzene rings is 1. The number of rotatable bonds is 2. The fourth-order valence-electron chi connectivity index (χ4n) is 2.33. The summed E-state index contributed by atoms with van der Waals surface area (Å²) in [6.45, 7) is 2.21. The SMILES string of the molecule is CC1CCC(C#N)(Nc2ccccc2)C1. The van der Waals surface area contributed by atoms with Crippen LogP contribution in [0.25, 0.3) is 0 Å². The first-order valence-electron chi connectivity index (χ1n) is 5.49. The van der Waals surface area contributed by atoms with Crippen molar-refractivity contribution in [2.75, 3.05) is 5.32 Å². The highest BCUT2D eigenvalue weighted by molar-refractivity contribution is 5.47. The Balaban J connectivity index is 2.14. The predicted octanol–water partition coefficient (Wildman–Crippen LogP) is 3.18. The molecule has 1 fully saturated rings. The molecule has 2 unspecified atom stereocenters. The third-order valence-electron chi connectivity index (χ3n) is 3.13. The topological polar surface area (TPSA) is 35.8 Å². The number of nitriles is 1. The molecule has 1 saturated carbocycles. The minimum Gasteiger partial charge on any atom is -0.367 e. The first kappa shape index (κ1) is 10.0. The van der Waals surface area contributed by atoms with Gasteiger partial charge in [-0.25, -0.2) is 0 Å². The van der Waals surface area contributed by atoms with Gasteiger partial charge >= 0.3 is 0 Å². The van der Waals surface area contributed by atoms with E-state index in [9.17, 15) is 5.26 Å². The van der Waals surface area contributed by atoms with E-state index < -0.39 is 0 Å². The highest BCUT2D eigenvalue weighted by atomic mass is 15.0. The van der Waals surface area contributed by atoms with Crippen LogP contribution in [0.2, 0.25) is 0 Å². The Labute approximate surface area is 90.9 Å². The van der Waals surface area contributed by atoms with Crippen molar-refractivity contribution in [1.29, 1.82) is 5.26 Å². The van der Waals surface area contributed by atoms with Crippen molar-refractivity contribution in [2.45, 2.75) is 31.7 Å². The number of para-hydroxylation sites is 1. The summed E-state index contributed by atoms with van der Waals surface area (Å²) < 4.78 is 0. The van der Waals surface area contributed by atoms with Gasteiger partial charge in [-0.1, -0.05) is 25.1 Å². The van der Waals surface area contributed by atoms with Crippen LogP contribution in [-0.2, 0) is 0 Å². The molecule has 2 heteroatoms. The molecule has 15 heavy (non-hydrogen) atoms. The lowest BCUT2D eigenvalue weighted by Gasteiger charge is -2.23. The quantitative estimate of drug-likeness (QED) is 0.795. The molecule has 1 N–H and O–H groups in total. The van der Waals surface area contributed by atoms with E-state index in [1.807, 2.05) is 30.3 Å². The number of nitrogens with zero attached hydrogens (tertiary/aromatic N) is 1. The fourth-order valence-corrected chi connectivity index (χ4v) is 2.33. The molecule has 0 amide bonds. The number of hydrogen-bond acceptors (Lipinski definition) is 2. The normalized spacial score (nSPS) is 29.7. The molecule has 0 aromatic heterocycles. The zero-order valence-electron chi connectivity index (χ0n) is 9.03. The molecular formula is C13H16N2. The average molecular weight is 200 g/mol. The van der Waals surface area contributed by atoms with Crippen molar-refractivity contribution in [3.05, 3.63) is 30.3 Å². The lowest BCUT2D eigenvalue weighted by atomic mass is 9.98. The Hall–Kier alpha value is -1.49. The molecule has 0 saturated heterocycles. The predicted molar refractivity (Wildman–Crippen MR) is 61.4 cm³/mol. The molecule has 1 aliphatic carbocycles. The van der Waals surface area contributed by atoms with Gasteiger partial charge in [0.15, 0.2) is 0 Å². The van der Waals surface area contributed by atoms with Crippen molar-refractivity contribution < 1.29 is 0 Å². The third kappa shape index (κ3) is 2.12. The van der Waals surface area contributed by atoms with E-state index >= 15 is 0 Å². The zero-order valence-corrected chi connectivity index (χ0v) is 9.03. The smallest absolute Gasteiger partial charge is 0.125 e. The fraction of sp³-hybridized carbons (Fsp3) is 0.462. The van der Waals surface area contributed by atoms with Gasteiger partial charge in [-0.15, -0.1) is 0 Å². The van der Waals surface area contributed by atoms with Gasteiger partial charge < -0.3 is 5.32 Å². The first-order chi connectivity index (χ1) is 7.24. The Morgan fingerprint density at radius 1 is 1.40 bits per heavy atom. The van der Waals surface area contributed by atoms with Crippen LogP contribution >= 0.6 is 0 Å². The molecule has 1 aromatic rings. The van der Waals surface area contributed by atoms with E-state index in [0.29, 0.717) is 5.92 Å². The first-order valence-corrected chi connectivity index (χ1v) is 5.49. The second-order valence-corrected chi connectivity index (χ2v) is 4.53. The molecule has 2 nitrogen and oxygen atoms in total. The average Bonchev–Trinajstić information content (AvgIpc) is 2.62. The molecule has 1 aromatic carbocycles. The van der Waals surface area contributed by atoms with Gasteiger partial charge in [0.1, 0.15) is 5.54 Å². The number of anilines is 1. The zero-order chi connectivity index (χ0) is 10.7. The van der Waals surface area contributed by atoms with Crippen molar-refractivity contribution in [1.82, 2.24) is 0 Å². The van der Waals surface area contributed by atoms with Crippen molar-refractivity contribution >= 4 is 5.69 Å². The Kier molecular flexibility index (Phi) is 2.64. The monoisotopic (exact) mass is 200 g/mol. The second kappa shape index (κ2) is 3.94. The summed E-state index contributed by atoms with van der Waals surface area (Å²) >= 11 is 0. The van der Waals surface area contributed by atoms with Crippen molar-refractivity contribution in [3.8, 4) is 6.07 Å². The highest BCUT2D eigenvalue weighted by Crippen LogP contribution is 2.36. The molecule has 78 valence electrons. The number of hydrogen-bond donors (Lipinski definition) is 1. The van der Waals surface area contributed by atoms with Gasteiger partial charge in [0.25, 0.3) is 0 Å². The van der Waals surface area contributed by atoms with Crippen LogP contribution in [-0.4, -0.2) is 5.54 Å². The van der Waals surface area contributed by atoms with Crippen LogP contribution in [0, 0.1) is 17.2 Å². The van der Waals surface area contributed by atoms with Crippen molar-refractivity contribution in [3.63, 3.8) is 0 Å². The van der Waals surface area contributed by atoms with Gasteiger partial charge in [-0.2, -0.15) is 5.26 Å². The summed E-state index contributed by atoms with van der Waals surface area (Å²) in [6, 6.07) is 12.4. The van der Waals surface area contributed by atoms with E-state index in [1.165, 1.54) is 0 Å². The highest BCUT2D eigenvalue weighted by Gasteiger charge is 2.37. The van der Waals surface area contributed by atoms with Crippen LogP contribution in [0.1, 0.15) is 26.2 Å². The maximum atomic E-state index is 9.28. The minimum atomic E-state index is -0.333. The molecular weight excluding hydrogens is 184 g/mol. The maximum absolute atomic E-state index is 9.28. The molecule has 0 spiro atoms. The summed E-state index contributed by atoms with van der Waals surface area (Å²) in [5, 5.41) is 12.7. The van der Waals surface area contributed by atoms with Crippen LogP contribution in [0.3, 0.4) is 0 Å². The molecule has 0 radical (unpaired) electrons. The van der Waals surface area contributed by atoms with Crippen LogP contribution in [0.5, 0.6) is 0 Å². The van der Waals surface area contributed by atoms with E-state index in [0.717, 1.165) is 24.9 Å². The van der Waals surface area contributed by atoms with E-state index in [2.05, 4.69) is 18.3 Å². The largest absolute Gasteiger partial charge is 0.367 e. The molecule has 0 bridgehead atoms. The van der Waals surface area contributed by atoms with Gasteiger partial charge in [-0.05, 0) is 37.3 Å². The Morgan fingerprint density at radius 3 is 2.67 bits per heavy atom. The van der Waals surface area contributed by atoms with Crippen molar-refractivity contribution in [2.24, 2.45) is 5.92 Å². The molecule has 0 aliphatic heterocycles. The summed E-state index contributed by atoms with van der Waals surface area (Å²) in [4.78, 5) is 0. The van der Waals surface area contributed by atoms with E-state index in [4.69, 9.17) is 0 Å². The lowest BCUT2D eigenvalue weighted by molar-refractivity contribution is 0.558. The molecule has 2 atom stereocenters. The lowest BCUT2D eigenvalue weighted by Crippen LogP contribution is -2.33. The summed E-state index contributed by atoms with van der Waals surface area (Å²) in [5.74, 6) is 0.654. The van der Waals surface area contributed by atoms with Crippen LogP contribution in [0.15, 0.2) is 30.3 Å². The second-order valence-electron chi connectivity index (χ2n) is 4.53. The molecule has 0 heterocycles. The van der Waals surface area contributed by atoms with Gasteiger partial charge in [-0.3, -0.25) is 0 Å². The molecule has 1 aliphatic rings. The minimum absolute atomic E-state index is 0.333. The van der Waals surface area contributed by atoms with Gasteiger partial charge in [0.2, 0.25) is 0 Å². The Morgan fingerprint density at radius 2 is 2.13 bits per heavy atom. The number of nitrogens with one attached hydrogen (secondary N) is 1. The summed E-state index contributed by atoms with van der Waals surface area (Å²) in [6.07, 6.45) is 3.06. The van der Waals surface area contributed by atoms with Crippen LogP contribution in [0.4, 0.5) is 5.69 Å². The van der Waals surface area contributed by atoms with E-state index in [-0.39, 0.29) is 5.54 Å². The van der Waals surface area contributed by atoms with E-state index in [1.54, 1.807) is 0 Å². The summed E-state index contributed by atoms with van der Waals surface area (Å²) in [7, 11) is 0. The van der Waals surface area contributed by atoms with Crippen LogP contribution < -0.4 is 5.32 Å². The van der Waals surface area contributed by atoms with Gasteiger partial charge in [0, 0.05) is 5.69 Å². The summed E-state index contributed by atoms with van der Waals surface area (Å²) in [5.41, 5.74) is 0.717. The third-order valence-corrected chi connectivity index (χ3v) is 3.13. The maximum Gasteiger partial charge on any atom is 0.125 e. The van der Waals surface area contributed by atoms with Gasteiger partial charge in [0.05, 0.1) is 6.07 Å². The molecule has 2 rings (SSSR count). The Bertz CT molecular complexity index is 366.